The van der Waals surface area contributed by atoms with Crippen molar-refractivity contribution < 1.29 is 27.9 Å². The monoisotopic (exact) mass is 573 g/mol. The molecule has 6 heterocycles. The molecule has 42 heavy (non-hydrogen) atoms. The first-order valence-electron chi connectivity index (χ1n) is 13.4. The molecule has 3 aliphatic rings. The van der Waals surface area contributed by atoms with E-state index < -0.39 is 23.8 Å². The Labute approximate surface area is 239 Å². The van der Waals surface area contributed by atoms with Crippen LogP contribution in [0.3, 0.4) is 0 Å². The van der Waals surface area contributed by atoms with Gasteiger partial charge in [-0.25, -0.2) is 19.2 Å². The molecule has 13 heteroatoms. The molecule has 3 aliphatic heterocycles. The van der Waals surface area contributed by atoms with Gasteiger partial charge < -0.3 is 29.6 Å². The van der Waals surface area contributed by atoms with Crippen LogP contribution in [0.1, 0.15) is 27.7 Å². The minimum atomic E-state index is -0.828. The molecule has 0 spiro atoms. The first kappa shape index (κ1) is 27.1. The SMILES string of the molecule is COc1ccc2c(c1F)C(=O)N(C)C2.O=C1NC(=O)C(c2cc3nc(-c4ccnc(N5CCNCC5)c4)ccc3o2)N1. The summed E-state index contributed by atoms with van der Waals surface area (Å²) in [5.41, 5.74) is 3.80. The van der Waals surface area contributed by atoms with Gasteiger partial charge in [-0.3, -0.25) is 14.9 Å². The van der Waals surface area contributed by atoms with Gasteiger partial charge >= 0.3 is 6.03 Å². The summed E-state index contributed by atoms with van der Waals surface area (Å²) in [5.74, 6) is 0.139. The second kappa shape index (κ2) is 11.1. The predicted molar refractivity (Wildman–Crippen MR) is 150 cm³/mol. The third-order valence-electron chi connectivity index (χ3n) is 7.31. The fourth-order valence-corrected chi connectivity index (χ4v) is 5.14. The van der Waals surface area contributed by atoms with Crippen LogP contribution in [-0.4, -0.2) is 73.0 Å². The number of carbonyl (C=O) groups is 3. The van der Waals surface area contributed by atoms with E-state index in [2.05, 4.69) is 30.8 Å². The Morgan fingerprint density at radius 2 is 1.88 bits per heavy atom. The minimum absolute atomic E-state index is 0.118. The first-order chi connectivity index (χ1) is 20.3. The third-order valence-corrected chi connectivity index (χ3v) is 7.31. The summed E-state index contributed by atoms with van der Waals surface area (Å²) in [6.07, 6.45) is 1.79. The largest absolute Gasteiger partial charge is 0.494 e. The zero-order chi connectivity index (χ0) is 29.4. The molecule has 1 atom stereocenters. The number of anilines is 1. The second-order valence-electron chi connectivity index (χ2n) is 10.0. The van der Waals surface area contributed by atoms with Gasteiger partial charge in [-0.1, -0.05) is 6.07 Å². The Hall–Kier alpha value is -5.04. The molecule has 0 saturated carbocycles. The van der Waals surface area contributed by atoms with Crippen LogP contribution in [-0.2, 0) is 11.3 Å². The van der Waals surface area contributed by atoms with Crippen molar-refractivity contribution in [3.63, 3.8) is 0 Å². The van der Waals surface area contributed by atoms with E-state index in [1.54, 1.807) is 31.4 Å². The first-order valence-corrected chi connectivity index (χ1v) is 13.4. The van der Waals surface area contributed by atoms with Gasteiger partial charge in [0.15, 0.2) is 23.2 Å². The normalized spacial score (nSPS) is 18.0. The molecule has 1 aromatic carbocycles. The number of ether oxygens (including phenoxy) is 1. The number of fused-ring (bicyclic) bond motifs is 2. The maximum atomic E-state index is 13.6. The van der Waals surface area contributed by atoms with Crippen molar-refractivity contribution in [2.24, 2.45) is 0 Å². The van der Waals surface area contributed by atoms with E-state index in [0.717, 1.165) is 48.8 Å². The number of methoxy groups -OCH3 is 1. The number of amides is 4. The number of nitrogens with one attached hydrogen (secondary N) is 3. The molecule has 1 unspecified atom stereocenters. The van der Waals surface area contributed by atoms with Crippen molar-refractivity contribution >= 4 is 34.8 Å². The molecule has 2 fully saturated rings. The Bertz CT molecular complexity index is 1700. The lowest BCUT2D eigenvalue weighted by molar-refractivity contribution is -0.120. The summed E-state index contributed by atoms with van der Waals surface area (Å²) in [7, 11) is 3.03. The Kier molecular flexibility index (Phi) is 7.17. The van der Waals surface area contributed by atoms with Crippen LogP contribution in [0.5, 0.6) is 5.75 Å². The van der Waals surface area contributed by atoms with Crippen molar-refractivity contribution in [2.45, 2.75) is 12.6 Å². The van der Waals surface area contributed by atoms with Crippen molar-refractivity contribution in [1.29, 1.82) is 0 Å². The smallest absolute Gasteiger partial charge is 0.322 e. The molecule has 7 rings (SSSR count). The molecule has 4 aromatic rings. The highest BCUT2D eigenvalue weighted by Crippen LogP contribution is 2.30. The number of rotatable bonds is 4. The molecule has 0 radical (unpaired) electrons. The van der Waals surface area contributed by atoms with Gasteiger partial charge in [-0.2, -0.15) is 0 Å². The topological polar surface area (TPSA) is 142 Å². The van der Waals surface area contributed by atoms with Crippen LogP contribution in [0, 0.1) is 5.82 Å². The summed E-state index contributed by atoms with van der Waals surface area (Å²) in [6, 6.07) is 11.2. The lowest BCUT2D eigenvalue weighted by Crippen LogP contribution is -2.43. The van der Waals surface area contributed by atoms with E-state index >= 15 is 0 Å². The maximum Gasteiger partial charge on any atom is 0.322 e. The van der Waals surface area contributed by atoms with Gasteiger partial charge in [0.1, 0.15) is 17.1 Å². The lowest BCUT2D eigenvalue weighted by atomic mass is 10.1. The van der Waals surface area contributed by atoms with E-state index in [0.29, 0.717) is 23.4 Å². The summed E-state index contributed by atoms with van der Waals surface area (Å²) in [4.78, 5) is 47.6. The molecule has 0 bridgehead atoms. The average molecular weight is 574 g/mol. The fourth-order valence-electron chi connectivity index (χ4n) is 5.14. The summed E-state index contributed by atoms with van der Waals surface area (Å²) >= 11 is 0. The van der Waals surface area contributed by atoms with E-state index in [1.165, 1.54) is 12.0 Å². The third kappa shape index (κ3) is 5.09. The van der Waals surface area contributed by atoms with Crippen molar-refractivity contribution in [2.75, 3.05) is 45.2 Å². The quantitative estimate of drug-likeness (QED) is 0.314. The van der Waals surface area contributed by atoms with E-state index in [9.17, 15) is 18.8 Å². The molecular weight excluding hydrogens is 545 g/mol. The molecule has 12 nitrogen and oxygen atoms in total. The van der Waals surface area contributed by atoms with Gasteiger partial charge in [0, 0.05) is 57.6 Å². The molecule has 3 N–H and O–H groups in total. The van der Waals surface area contributed by atoms with Crippen LogP contribution in [0.15, 0.2) is 53.1 Å². The van der Waals surface area contributed by atoms with Gasteiger partial charge in [0.05, 0.1) is 18.4 Å². The number of urea groups is 1. The molecule has 3 aromatic heterocycles. The number of carbonyl (C=O) groups excluding carboxylic acids is 3. The van der Waals surface area contributed by atoms with Crippen LogP contribution in [0.4, 0.5) is 15.0 Å². The highest BCUT2D eigenvalue weighted by molar-refractivity contribution is 6.04. The number of pyridine rings is 2. The molecule has 4 amide bonds. The fraction of sp³-hybridized carbons (Fsp3) is 0.276. The van der Waals surface area contributed by atoms with E-state index in [4.69, 9.17) is 9.15 Å². The van der Waals surface area contributed by atoms with Gasteiger partial charge in [-0.15, -0.1) is 0 Å². The zero-order valence-electron chi connectivity index (χ0n) is 22.9. The minimum Gasteiger partial charge on any atom is -0.494 e. The van der Waals surface area contributed by atoms with Crippen molar-refractivity contribution in [1.82, 2.24) is 30.8 Å². The number of hydrogen-bond donors (Lipinski definition) is 3. The highest BCUT2D eigenvalue weighted by atomic mass is 19.1. The number of imide groups is 1. The van der Waals surface area contributed by atoms with Crippen LogP contribution in [0.25, 0.3) is 22.4 Å². The predicted octanol–water partition coefficient (Wildman–Crippen LogP) is 2.60. The summed E-state index contributed by atoms with van der Waals surface area (Å²) < 4.78 is 24.1. The molecule has 2 saturated heterocycles. The van der Waals surface area contributed by atoms with Crippen molar-refractivity contribution in [3.8, 4) is 17.0 Å². The average Bonchev–Trinajstić information content (AvgIpc) is 3.67. The maximum absolute atomic E-state index is 13.6. The van der Waals surface area contributed by atoms with E-state index in [1.807, 2.05) is 24.3 Å². The number of halogens is 1. The van der Waals surface area contributed by atoms with Crippen LogP contribution in [0.2, 0.25) is 0 Å². The van der Waals surface area contributed by atoms with E-state index in [-0.39, 0.29) is 17.2 Å². The lowest BCUT2D eigenvalue weighted by Gasteiger charge is -2.28. The second-order valence-corrected chi connectivity index (χ2v) is 10.0. The van der Waals surface area contributed by atoms with Gasteiger partial charge in [0.2, 0.25) is 0 Å². The number of piperazine rings is 1. The molecule has 216 valence electrons. The van der Waals surface area contributed by atoms with Crippen LogP contribution < -0.4 is 25.6 Å². The number of benzene rings is 1. The summed E-state index contributed by atoms with van der Waals surface area (Å²) in [5, 5.41) is 8.07. The Morgan fingerprint density at radius 1 is 1.07 bits per heavy atom. The number of aromatic nitrogens is 2. The molecule has 0 aliphatic carbocycles. The number of furan rings is 1. The molecular formula is C29H28FN7O5. The van der Waals surface area contributed by atoms with Crippen molar-refractivity contribution in [3.05, 3.63) is 71.4 Å². The number of nitrogens with zero attached hydrogens (tertiary/aromatic N) is 4. The zero-order valence-corrected chi connectivity index (χ0v) is 22.9. The highest BCUT2D eigenvalue weighted by Gasteiger charge is 2.34. The Balaban J connectivity index is 0.000000189. The van der Waals surface area contributed by atoms with Gasteiger partial charge in [-0.05, 0) is 35.9 Å². The number of hydrogen-bond acceptors (Lipinski definition) is 9. The Morgan fingerprint density at radius 3 is 2.62 bits per heavy atom. The van der Waals surface area contributed by atoms with Gasteiger partial charge in [0.25, 0.3) is 11.8 Å². The van der Waals surface area contributed by atoms with Crippen LogP contribution >= 0.6 is 0 Å². The standard InChI is InChI=1S/C19H18N6O3.C10H10FNO2/c26-18-17(23-19(27)24-18)15-10-13-14(28-15)2-1-12(22-13)11-3-4-21-16(9-11)25-7-5-20-6-8-25;1-12-5-6-3-4-7(14-2)9(11)8(6)10(12)13/h1-4,9-10,17,20H,5-8H2,(H2,23,24,26,27);3-4H,5H2,1-2H3. The summed E-state index contributed by atoms with van der Waals surface area (Å²) in [6.45, 7) is 4.19.